The summed E-state index contributed by atoms with van der Waals surface area (Å²) < 4.78 is 10.7. The smallest absolute Gasteiger partial charge is 0.339 e. The molecule has 1 aromatic heterocycles. The van der Waals surface area contributed by atoms with E-state index in [1.165, 1.54) is 12.1 Å². The van der Waals surface area contributed by atoms with Crippen molar-refractivity contribution in [3.8, 4) is 11.3 Å². The molecular formula is C21H19ClN2O4. The number of aryl methyl sites for hydroxylation is 1. The molecule has 7 heteroatoms. The average molecular weight is 399 g/mol. The number of benzene rings is 2. The monoisotopic (exact) mass is 398 g/mol. The van der Waals surface area contributed by atoms with Gasteiger partial charge in [0.25, 0.3) is 5.91 Å². The van der Waals surface area contributed by atoms with Gasteiger partial charge in [0.2, 0.25) is 5.76 Å². The molecule has 3 aromatic rings. The van der Waals surface area contributed by atoms with Crippen LogP contribution in [-0.2, 0) is 4.74 Å². The highest BCUT2D eigenvalue weighted by molar-refractivity contribution is 6.33. The first-order chi connectivity index (χ1) is 13.3. The minimum absolute atomic E-state index is 0.0879. The first-order valence-corrected chi connectivity index (χ1v) is 9.07. The van der Waals surface area contributed by atoms with E-state index < -0.39 is 11.9 Å². The lowest BCUT2D eigenvalue weighted by Crippen LogP contribution is -2.15. The average Bonchev–Trinajstić information content (AvgIpc) is 3.05. The molecule has 0 saturated heterocycles. The zero-order valence-corrected chi connectivity index (χ0v) is 16.4. The summed E-state index contributed by atoms with van der Waals surface area (Å²) >= 11 is 6.09. The number of amides is 1. The van der Waals surface area contributed by atoms with Gasteiger partial charge in [-0.25, -0.2) is 9.78 Å². The minimum atomic E-state index is -0.559. The molecule has 0 aliphatic carbocycles. The molecule has 6 nitrogen and oxygen atoms in total. The molecule has 1 heterocycles. The SMILES string of the molecule is Cc1nc(-c2ccccc2)c(C(=O)Nc2ccc(Cl)c(C(=O)OC(C)C)c2)o1. The minimum Gasteiger partial charge on any atom is -0.459 e. The van der Waals surface area contributed by atoms with E-state index in [1.807, 2.05) is 30.3 Å². The van der Waals surface area contributed by atoms with E-state index in [1.54, 1.807) is 26.8 Å². The number of ether oxygens (including phenoxy) is 1. The Morgan fingerprint density at radius 2 is 1.86 bits per heavy atom. The Morgan fingerprint density at radius 1 is 1.14 bits per heavy atom. The fourth-order valence-corrected chi connectivity index (χ4v) is 2.79. The van der Waals surface area contributed by atoms with Gasteiger partial charge in [0.1, 0.15) is 5.69 Å². The molecule has 0 atom stereocenters. The predicted octanol–water partition coefficient (Wildman–Crippen LogP) is 5.12. The number of hydrogen-bond donors (Lipinski definition) is 1. The molecule has 28 heavy (non-hydrogen) atoms. The van der Waals surface area contributed by atoms with Crippen LogP contribution in [0, 0.1) is 6.92 Å². The number of carbonyl (C=O) groups is 2. The summed E-state index contributed by atoms with van der Waals surface area (Å²) in [6.45, 7) is 5.16. The highest BCUT2D eigenvalue weighted by Crippen LogP contribution is 2.26. The summed E-state index contributed by atoms with van der Waals surface area (Å²) in [6, 6.07) is 13.9. The zero-order valence-electron chi connectivity index (χ0n) is 15.7. The Balaban J connectivity index is 1.88. The van der Waals surface area contributed by atoms with E-state index in [0.29, 0.717) is 17.3 Å². The number of halogens is 1. The maximum atomic E-state index is 12.8. The molecule has 0 radical (unpaired) electrons. The lowest BCUT2D eigenvalue weighted by atomic mass is 10.1. The third-order valence-electron chi connectivity index (χ3n) is 3.77. The fourth-order valence-electron chi connectivity index (χ4n) is 2.60. The van der Waals surface area contributed by atoms with Gasteiger partial charge in [0.05, 0.1) is 16.7 Å². The van der Waals surface area contributed by atoms with E-state index in [9.17, 15) is 9.59 Å². The lowest BCUT2D eigenvalue weighted by molar-refractivity contribution is 0.0378. The number of nitrogens with one attached hydrogen (secondary N) is 1. The lowest BCUT2D eigenvalue weighted by Gasteiger charge is -2.11. The highest BCUT2D eigenvalue weighted by atomic mass is 35.5. The predicted molar refractivity (Wildman–Crippen MR) is 107 cm³/mol. The number of hydrogen-bond acceptors (Lipinski definition) is 5. The van der Waals surface area contributed by atoms with Gasteiger partial charge >= 0.3 is 5.97 Å². The van der Waals surface area contributed by atoms with Crippen LogP contribution in [0.3, 0.4) is 0 Å². The molecule has 0 aliphatic heterocycles. The second-order valence-electron chi connectivity index (χ2n) is 6.38. The van der Waals surface area contributed by atoms with Crippen LogP contribution in [0.5, 0.6) is 0 Å². The topological polar surface area (TPSA) is 81.4 Å². The Labute approximate surface area is 167 Å². The summed E-state index contributed by atoms with van der Waals surface area (Å²) in [6.07, 6.45) is -0.285. The second kappa shape index (κ2) is 8.27. The van der Waals surface area contributed by atoms with Gasteiger partial charge in [-0.1, -0.05) is 41.9 Å². The highest BCUT2D eigenvalue weighted by Gasteiger charge is 2.21. The van der Waals surface area contributed by atoms with Crippen molar-refractivity contribution < 1.29 is 18.7 Å². The van der Waals surface area contributed by atoms with Crippen LogP contribution in [0.25, 0.3) is 11.3 Å². The van der Waals surface area contributed by atoms with Gasteiger partial charge in [-0.15, -0.1) is 0 Å². The maximum absolute atomic E-state index is 12.8. The van der Waals surface area contributed by atoms with E-state index in [-0.39, 0.29) is 22.5 Å². The molecule has 0 unspecified atom stereocenters. The molecule has 0 bridgehead atoms. The van der Waals surface area contributed by atoms with Gasteiger partial charge in [0, 0.05) is 18.2 Å². The molecule has 0 fully saturated rings. The molecule has 1 N–H and O–H groups in total. The molecule has 2 aromatic carbocycles. The first-order valence-electron chi connectivity index (χ1n) is 8.70. The van der Waals surface area contributed by atoms with Gasteiger partial charge in [-0.3, -0.25) is 4.79 Å². The van der Waals surface area contributed by atoms with Crippen molar-refractivity contribution in [1.82, 2.24) is 4.98 Å². The van der Waals surface area contributed by atoms with Crippen molar-refractivity contribution in [2.75, 3.05) is 5.32 Å². The zero-order chi connectivity index (χ0) is 20.3. The molecule has 144 valence electrons. The normalized spacial score (nSPS) is 10.8. The number of oxazole rings is 1. The Morgan fingerprint density at radius 3 is 2.54 bits per heavy atom. The number of aromatic nitrogens is 1. The van der Waals surface area contributed by atoms with Crippen LogP contribution in [0.2, 0.25) is 5.02 Å². The van der Waals surface area contributed by atoms with Crippen molar-refractivity contribution in [3.63, 3.8) is 0 Å². The Kier molecular flexibility index (Phi) is 5.80. The van der Waals surface area contributed by atoms with Gasteiger partial charge in [-0.2, -0.15) is 0 Å². The van der Waals surface area contributed by atoms with E-state index in [4.69, 9.17) is 20.8 Å². The van der Waals surface area contributed by atoms with Crippen molar-refractivity contribution in [2.45, 2.75) is 26.9 Å². The van der Waals surface area contributed by atoms with E-state index >= 15 is 0 Å². The largest absolute Gasteiger partial charge is 0.459 e. The molecule has 1 amide bonds. The number of esters is 1. The summed E-state index contributed by atoms with van der Waals surface area (Å²) in [5, 5.41) is 2.96. The van der Waals surface area contributed by atoms with Crippen LogP contribution in [0.15, 0.2) is 52.9 Å². The standard InChI is InChI=1S/C21H19ClN2O4/c1-12(2)27-21(26)16-11-15(9-10-17(16)22)24-20(25)19-18(23-13(3)28-19)14-7-5-4-6-8-14/h4-12H,1-3H3,(H,24,25). The van der Waals surface area contributed by atoms with Gasteiger partial charge in [-0.05, 0) is 32.0 Å². The number of rotatable bonds is 5. The molecular weight excluding hydrogens is 380 g/mol. The first kappa shape index (κ1) is 19.6. The van der Waals surface area contributed by atoms with Crippen molar-refractivity contribution >= 4 is 29.2 Å². The number of nitrogens with zero attached hydrogens (tertiary/aromatic N) is 1. The Bertz CT molecular complexity index is 1010. The maximum Gasteiger partial charge on any atom is 0.339 e. The van der Waals surface area contributed by atoms with Crippen LogP contribution in [0.4, 0.5) is 5.69 Å². The van der Waals surface area contributed by atoms with Crippen molar-refractivity contribution in [3.05, 3.63) is 70.8 Å². The van der Waals surface area contributed by atoms with Crippen molar-refractivity contribution in [1.29, 1.82) is 0 Å². The van der Waals surface area contributed by atoms with E-state index in [0.717, 1.165) is 5.56 Å². The molecule has 3 rings (SSSR count). The summed E-state index contributed by atoms with van der Waals surface area (Å²) in [5.74, 6) is -0.576. The molecule has 0 saturated carbocycles. The van der Waals surface area contributed by atoms with Crippen molar-refractivity contribution in [2.24, 2.45) is 0 Å². The second-order valence-corrected chi connectivity index (χ2v) is 6.79. The summed E-state index contributed by atoms with van der Waals surface area (Å²) in [5.41, 5.74) is 1.77. The fraction of sp³-hybridized carbons (Fsp3) is 0.190. The third kappa shape index (κ3) is 4.40. The quantitative estimate of drug-likeness (QED) is 0.603. The number of anilines is 1. The van der Waals surface area contributed by atoms with Gasteiger partial charge < -0.3 is 14.5 Å². The van der Waals surface area contributed by atoms with E-state index in [2.05, 4.69) is 10.3 Å². The van der Waals surface area contributed by atoms with Crippen LogP contribution in [-0.4, -0.2) is 23.0 Å². The summed E-state index contributed by atoms with van der Waals surface area (Å²) in [7, 11) is 0. The third-order valence-corrected chi connectivity index (χ3v) is 4.10. The van der Waals surface area contributed by atoms with Crippen LogP contribution >= 0.6 is 11.6 Å². The van der Waals surface area contributed by atoms with Gasteiger partial charge in [0.15, 0.2) is 5.89 Å². The van der Waals surface area contributed by atoms with Crippen LogP contribution < -0.4 is 5.32 Å². The van der Waals surface area contributed by atoms with Crippen LogP contribution in [0.1, 0.15) is 40.7 Å². The Hall–Kier alpha value is -3.12. The number of carbonyl (C=O) groups excluding carboxylic acids is 2. The summed E-state index contributed by atoms with van der Waals surface area (Å²) in [4.78, 5) is 29.3. The molecule has 0 aliphatic rings. The molecule has 0 spiro atoms.